The van der Waals surface area contributed by atoms with Crippen molar-refractivity contribution >= 4 is 24.0 Å². The van der Waals surface area contributed by atoms with Gasteiger partial charge in [-0.2, -0.15) is 5.26 Å². The Kier molecular flexibility index (Phi) is 7.02. The Morgan fingerprint density at radius 2 is 0.818 bits per heavy atom. The number of nitriles is 1. The number of benzene rings is 3. The molecule has 3 heteroatoms. The van der Waals surface area contributed by atoms with Crippen molar-refractivity contribution in [2.75, 3.05) is 0 Å². The summed E-state index contributed by atoms with van der Waals surface area (Å²) < 4.78 is 4.44. The molecule has 0 atom stereocenters. The maximum atomic E-state index is 7.18. The monoisotopic (exact) mass is 487 g/mol. The molecule has 3 aromatic carbocycles. The standard InChI is InChI=1S/3C6H5.CHNS.Au/c3*1-2-4-6-5-3-1;2-1-3;/h3*1-5H;3H;. The van der Waals surface area contributed by atoms with Crippen LogP contribution in [-0.2, 0) is 18.4 Å². The molecule has 0 aliphatic carbocycles. The van der Waals surface area contributed by atoms with Gasteiger partial charge in [-0.05, 0) is 0 Å². The third kappa shape index (κ3) is 4.62. The van der Waals surface area contributed by atoms with Crippen LogP contribution < -0.4 is 11.3 Å². The fourth-order valence-electron chi connectivity index (χ4n) is 1.80. The van der Waals surface area contributed by atoms with Gasteiger partial charge in [0, 0.05) is 0 Å². The number of thiocyanates is 1. The number of hydrogen-bond acceptors (Lipinski definition) is 2. The first-order valence-electron chi connectivity index (χ1n) is 6.63. The second-order valence-electron chi connectivity index (χ2n) is 4.08. The quantitative estimate of drug-likeness (QED) is 0.343. The first-order chi connectivity index (χ1) is 10.9. The van der Waals surface area contributed by atoms with E-state index in [9.17, 15) is 0 Å². The van der Waals surface area contributed by atoms with Crippen molar-refractivity contribution in [2.45, 2.75) is 0 Å². The Balaban J connectivity index is 0.000000545. The summed E-state index contributed by atoms with van der Waals surface area (Å²) in [6.45, 7) is 0. The summed E-state index contributed by atoms with van der Waals surface area (Å²) >= 11 is 1.68. The number of nitrogens with zero attached hydrogens (tertiary/aromatic N) is 1. The Hall–Kier alpha value is -1.76. The number of rotatable bonds is 3. The Bertz CT molecular complexity index is 615. The van der Waals surface area contributed by atoms with Crippen molar-refractivity contribution in [1.29, 1.82) is 5.26 Å². The SMILES string of the molecule is N#CS.c1cc[c]([Au]([c]2ccccc2)[c]2ccccc2)cc1. The maximum absolute atomic E-state index is 7.18. The Morgan fingerprint density at radius 1 is 0.591 bits per heavy atom. The van der Waals surface area contributed by atoms with E-state index in [1.165, 1.54) is 16.7 Å². The normalized spacial score (nSPS) is 9.91. The molecule has 0 radical (unpaired) electrons. The average molecular weight is 487 g/mol. The van der Waals surface area contributed by atoms with Crippen molar-refractivity contribution in [3.63, 3.8) is 0 Å². The first-order valence-corrected chi connectivity index (χ1v) is 10.3. The van der Waals surface area contributed by atoms with Crippen LogP contribution in [0.1, 0.15) is 0 Å². The van der Waals surface area contributed by atoms with Crippen molar-refractivity contribution < 1.29 is 18.4 Å². The van der Waals surface area contributed by atoms with Crippen LogP contribution in [-0.4, -0.2) is 0 Å². The van der Waals surface area contributed by atoms with Crippen molar-refractivity contribution in [3.05, 3.63) is 91.0 Å². The van der Waals surface area contributed by atoms with Gasteiger partial charge in [0.15, 0.2) is 0 Å². The van der Waals surface area contributed by atoms with Gasteiger partial charge in [-0.15, -0.1) is 0 Å². The zero-order valence-electron chi connectivity index (χ0n) is 11.9. The molecule has 0 bridgehead atoms. The van der Waals surface area contributed by atoms with E-state index in [4.69, 9.17) is 5.26 Å². The molecule has 0 aliphatic heterocycles. The van der Waals surface area contributed by atoms with Gasteiger partial charge in [-0.1, -0.05) is 12.6 Å². The van der Waals surface area contributed by atoms with E-state index in [0.717, 1.165) is 0 Å². The van der Waals surface area contributed by atoms with Gasteiger partial charge in [-0.25, -0.2) is 0 Å². The molecule has 0 spiro atoms. The van der Waals surface area contributed by atoms with Crippen molar-refractivity contribution in [3.8, 4) is 5.40 Å². The molecule has 0 N–H and O–H groups in total. The molecular weight excluding hydrogens is 471 g/mol. The van der Waals surface area contributed by atoms with E-state index in [1.54, 1.807) is 0 Å². The Morgan fingerprint density at radius 3 is 1.05 bits per heavy atom. The molecule has 0 heterocycles. The molecule has 0 aliphatic rings. The summed E-state index contributed by atoms with van der Waals surface area (Å²) in [4.78, 5) is 0. The van der Waals surface area contributed by atoms with Gasteiger partial charge in [0.05, 0.1) is 0 Å². The fourth-order valence-corrected chi connectivity index (χ4v) is 7.39. The minimum absolute atomic E-state index is 1.42. The molecular formula is C19H16AuNS. The Labute approximate surface area is 143 Å². The van der Waals surface area contributed by atoms with Crippen LogP contribution in [0.3, 0.4) is 0 Å². The third-order valence-electron chi connectivity index (χ3n) is 2.65. The van der Waals surface area contributed by atoms with Crippen LogP contribution in [0.4, 0.5) is 0 Å². The predicted molar refractivity (Wildman–Crippen MR) is 92.8 cm³/mol. The van der Waals surface area contributed by atoms with Gasteiger partial charge < -0.3 is 0 Å². The van der Waals surface area contributed by atoms with Crippen LogP contribution >= 0.6 is 12.6 Å². The molecule has 0 saturated carbocycles. The predicted octanol–water partition coefficient (Wildman–Crippen LogP) is 2.98. The van der Waals surface area contributed by atoms with E-state index in [2.05, 4.69) is 104 Å². The molecule has 0 fully saturated rings. The number of hydrogen-bond donors (Lipinski definition) is 1. The van der Waals surface area contributed by atoms with Gasteiger partial charge >= 0.3 is 121 Å². The van der Waals surface area contributed by atoms with Crippen LogP contribution in [0.5, 0.6) is 0 Å². The summed E-state index contributed by atoms with van der Waals surface area (Å²) in [6.07, 6.45) is 0. The van der Waals surface area contributed by atoms with E-state index in [1.807, 2.05) is 0 Å². The van der Waals surface area contributed by atoms with Crippen molar-refractivity contribution in [2.24, 2.45) is 0 Å². The summed E-state index contributed by atoms with van der Waals surface area (Å²) in [5.74, 6) is 0. The number of thiol groups is 1. The molecule has 114 valence electrons. The molecule has 1 nitrogen and oxygen atoms in total. The van der Waals surface area contributed by atoms with E-state index >= 15 is 0 Å². The van der Waals surface area contributed by atoms with Crippen LogP contribution in [0.15, 0.2) is 91.0 Å². The van der Waals surface area contributed by atoms with Gasteiger partial charge in [0.1, 0.15) is 5.40 Å². The second kappa shape index (κ2) is 9.30. The zero-order chi connectivity index (χ0) is 15.6. The minimum atomic E-state index is -1.42. The van der Waals surface area contributed by atoms with E-state index < -0.39 is 18.4 Å². The topological polar surface area (TPSA) is 23.8 Å². The van der Waals surface area contributed by atoms with Crippen LogP contribution in [0, 0.1) is 10.7 Å². The summed E-state index contributed by atoms with van der Waals surface area (Å²) in [6, 6.07) is 32.7. The summed E-state index contributed by atoms with van der Waals surface area (Å²) in [7, 11) is 0. The van der Waals surface area contributed by atoms with E-state index in [0.29, 0.717) is 0 Å². The van der Waals surface area contributed by atoms with Gasteiger partial charge in [0.2, 0.25) is 0 Å². The van der Waals surface area contributed by atoms with Crippen LogP contribution in [0.25, 0.3) is 0 Å². The molecule has 22 heavy (non-hydrogen) atoms. The van der Waals surface area contributed by atoms with Gasteiger partial charge in [0.25, 0.3) is 0 Å². The van der Waals surface area contributed by atoms with Crippen LogP contribution in [0.2, 0.25) is 0 Å². The molecule has 0 aromatic heterocycles. The molecule has 0 unspecified atom stereocenters. The fraction of sp³-hybridized carbons (Fsp3) is 0. The summed E-state index contributed by atoms with van der Waals surface area (Å²) in [5, 5.41) is 8.63. The van der Waals surface area contributed by atoms with Crippen molar-refractivity contribution in [1.82, 2.24) is 0 Å². The first kappa shape index (κ1) is 16.6. The molecule has 3 aromatic rings. The molecule has 0 saturated heterocycles. The van der Waals surface area contributed by atoms with Gasteiger partial charge in [-0.3, -0.25) is 0 Å². The van der Waals surface area contributed by atoms with E-state index in [-0.39, 0.29) is 0 Å². The third-order valence-corrected chi connectivity index (χ3v) is 8.56. The summed E-state index contributed by atoms with van der Waals surface area (Å²) in [5.41, 5.74) is 0. The second-order valence-corrected chi connectivity index (χ2v) is 9.66. The average Bonchev–Trinajstić information content (AvgIpc) is 2.59. The zero-order valence-corrected chi connectivity index (χ0v) is 14.9. The molecule has 0 amide bonds. The molecule has 3 rings (SSSR count).